The zero-order valence-electron chi connectivity index (χ0n) is 9.90. The monoisotopic (exact) mass is 242 g/mol. The second-order valence-electron chi connectivity index (χ2n) is 4.48. The molecular weight excluding hydrogens is 227 g/mol. The first-order chi connectivity index (χ1) is 7.72. The lowest BCUT2D eigenvalue weighted by molar-refractivity contribution is -0.385. The van der Waals surface area contributed by atoms with Gasteiger partial charge in [-0.25, -0.2) is 4.39 Å². The lowest BCUT2D eigenvalue weighted by Crippen LogP contribution is -2.41. The minimum absolute atomic E-state index is 0.266. The van der Waals surface area contributed by atoms with E-state index < -0.39 is 22.4 Å². The van der Waals surface area contributed by atoms with E-state index in [9.17, 15) is 19.6 Å². The van der Waals surface area contributed by atoms with E-state index in [1.165, 1.54) is 6.07 Å². The molecule has 0 radical (unpaired) electrons. The molecule has 94 valence electrons. The molecule has 1 rings (SSSR count). The van der Waals surface area contributed by atoms with E-state index in [-0.39, 0.29) is 11.4 Å². The number of aliphatic hydroxyl groups excluding tert-OH is 1. The number of aliphatic hydroxyl groups is 1. The summed E-state index contributed by atoms with van der Waals surface area (Å²) in [5, 5.41) is 22.9. The molecule has 0 saturated heterocycles. The third-order valence-corrected chi connectivity index (χ3v) is 2.60. The number of nitro groups is 1. The van der Waals surface area contributed by atoms with Gasteiger partial charge in [0.05, 0.1) is 22.6 Å². The Morgan fingerprint density at radius 3 is 2.53 bits per heavy atom. The van der Waals surface area contributed by atoms with Crippen LogP contribution < -0.4 is 5.32 Å². The van der Waals surface area contributed by atoms with Crippen molar-refractivity contribution < 1.29 is 14.4 Å². The molecule has 0 aliphatic carbocycles. The molecule has 6 heteroatoms. The van der Waals surface area contributed by atoms with Crippen molar-refractivity contribution >= 4 is 11.4 Å². The van der Waals surface area contributed by atoms with Crippen molar-refractivity contribution in [3.8, 4) is 0 Å². The molecule has 0 aliphatic rings. The van der Waals surface area contributed by atoms with E-state index in [4.69, 9.17) is 0 Å². The lowest BCUT2D eigenvalue weighted by atomic mass is 9.98. The lowest BCUT2D eigenvalue weighted by Gasteiger charge is -2.30. The minimum Gasteiger partial charge on any atom is -0.391 e. The Balaban J connectivity index is 3.03. The summed E-state index contributed by atoms with van der Waals surface area (Å²) in [7, 11) is 0. The maximum Gasteiger partial charge on any atom is 0.274 e. The zero-order chi connectivity index (χ0) is 13.2. The van der Waals surface area contributed by atoms with Gasteiger partial charge in [-0.1, -0.05) is 0 Å². The van der Waals surface area contributed by atoms with Crippen molar-refractivity contribution in [1.29, 1.82) is 0 Å². The van der Waals surface area contributed by atoms with Crippen molar-refractivity contribution in [1.82, 2.24) is 0 Å². The fourth-order valence-corrected chi connectivity index (χ4v) is 1.23. The van der Waals surface area contributed by atoms with Crippen LogP contribution in [0.25, 0.3) is 0 Å². The summed E-state index contributed by atoms with van der Waals surface area (Å²) in [6, 6.07) is 3.23. The van der Waals surface area contributed by atoms with Gasteiger partial charge >= 0.3 is 0 Å². The highest BCUT2D eigenvalue weighted by atomic mass is 19.1. The molecule has 0 spiro atoms. The Hall–Kier alpha value is -1.69. The molecule has 0 heterocycles. The summed E-state index contributed by atoms with van der Waals surface area (Å²) in [5.41, 5.74) is -0.765. The minimum atomic E-state index is -0.707. The summed E-state index contributed by atoms with van der Waals surface area (Å²) in [6.07, 6.45) is -0.690. The zero-order valence-corrected chi connectivity index (χ0v) is 9.90. The van der Waals surface area contributed by atoms with Gasteiger partial charge in [-0.15, -0.1) is 0 Å². The number of hydrogen-bond acceptors (Lipinski definition) is 4. The number of non-ortho nitro benzene ring substituents is 1. The maximum absolute atomic E-state index is 13.2. The molecular formula is C11H15FN2O3. The number of halogens is 1. The number of nitrogens with zero attached hydrogens (tertiary/aromatic N) is 1. The van der Waals surface area contributed by atoms with Gasteiger partial charge in [0.1, 0.15) is 5.82 Å². The Morgan fingerprint density at radius 2 is 2.06 bits per heavy atom. The number of anilines is 1. The summed E-state index contributed by atoms with van der Waals surface area (Å²) in [6.45, 7) is 5.02. The average molecular weight is 242 g/mol. The molecule has 5 nitrogen and oxygen atoms in total. The van der Waals surface area contributed by atoms with Gasteiger partial charge in [-0.3, -0.25) is 10.1 Å². The first-order valence-corrected chi connectivity index (χ1v) is 5.13. The van der Waals surface area contributed by atoms with Crippen molar-refractivity contribution in [2.75, 3.05) is 5.32 Å². The van der Waals surface area contributed by atoms with Crippen LogP contribution in [0.2, 0.25) is 0 Å². The first kappa shape index (κ1) is 13.4. The van der Waals surface area contributed by atoms with E-state index in [1.807, 2.05) is 0 Å². The summed E-state index contributed by atoms with van der Waals surface area (Å²) in [5.74, 6) is -0.692. The third kappa shape index (κ3) is 3.39. The summed E-state index contributed by atoms with van der Waals surface area (Å²) in [4.78, 5) is 9.90. The molecule has 0 aromatic heterocycles. The predicted octanol–water partition coefficient (Wildman–Crippen LogP) is 2.31. The molecule has 17 heavy (non-hydrogen) atoms. The standard InChI is InChI=1S/C11H15FN2O3/c1-7(15)11(2,3)13-9-4-8(12)5-10(6-9)14(16)17/h4-7,13,15H,1-3H3. The summed E-state index contributed by atoms with van der Waals surface area (Å²) >= 11 is 0. The second-order valence-corrected chi connectivity index (χ2v) is 4.48. The molecule has 0 fully saturated rings. The molecule has 1 aromatic carbocycles. The third-order valence-electron chi connectivity index (χ3n) is 2.60. The van der Waals surface area contributed by atoms with Crippen LogP contribution in [0, 0.1) is 15.9 Å². The Kier molecular flexibility index (Phi) is 3.67. The Bertz CT molecular complexity index is 433. The van der Waals surface area contributed by atoms with Crippen LogP contribution in [0.3, 0.4) is 0 Å². The van der Waals surface area contributed by atoms with Gasteiger partial charge in [-0.2, -0.15) is 0 Å². The van der Waals surface area contributed by atoms with Crippen molar-refractivity contribution in [3.05, 3.63) is 34.1 Å². The molecule has 1 aromatic rings. The van der Waals surface area contributed by atoms with Gasteiger partial charge in [0.25, 0.3) is 5.69 Å². The number of rotatable bonds is 4. The van der Waals surface area contributed by atoms with Crippen LogP contribution in [-0.2, 0) is 0 Å². The van der Waals surface area contributed by atoms with Crippen molar-refractivity contribution in [2.45, 2.75) is 32.4 Å². The van der Waals surface area contributed by atoms with Crippen LogP contribution in [0.15, 0.2) is 18.2 Å². The van der Waals surface area contributed by atoms with Crippen LogP contribution >= 0.6 is 0 Å². The average Bonchev–Trinajstić information content (AvgIpc) is 2.15. The topological polar surface area (TPSA) is 75.4 Å². The van der Waals surface area contributed by atoms with E-state index in [1.54, 1.807) is 20.8 Å². The second kappa shape index (κ2) is 4.67. The SMILES string of the molecule is CC(O)C(C)(C)Nc1cc(F)cc([N+](=O)[O-])c1. The molecule has 0 saturated carbocycles. The van der Waals surface area contributed by atoms with Gasteiger partial charge in [0, 0.05) is 11.8 Å². The molecule has 0 aliphatic heterocycles. The highest BCUT2D eigenvalue weighted by Crippen LogP contribution is 2.24. The van der Waals surface area contributed by atoms with E-state index in [0.717, 1.165) is 12.1 Å². The van der Waals surface area contributed by atoms with E-state index >= 15 is 0 Å². The summed E-state index contributed by atoms with van der Waals surface area (Å²) < 4.78 is 13.2. The largest absolute Gasteiger partial charge is 0.391 e. The molecule has 2 N–H and O–H groups in total. The smallest absolute Gasteiger partial charge is 0.274 e. The fourth-order valence-electron chi connectivity index (χ4n) is 1.23. The highest BCUT2D eigenvalue weighted by Gasteiger charge is 2.24. The van der Waals surface area contributed by atoms with Crippen LogP contribution in [0.5, 0.6) is 0 Å². The van der Waals surface area contributed by atoms with E-state index in [0.29, 0.717) is 0 Å². The number of nitro benzene ring substituents is 1. The van der Waals surface area contributed by atoms with Crippen molar-refractivity contribution in [3.63, 3.8) is 0 Å². The first-order valence-electron chi connectivity index (χ1n) is 5.13. The van der Waals surface area contributed by atoms with Gasteiger partial charge in [0.15, 0.2) is 0 Å². The quantitative estimate of drug-likeness (QED) is 0.627. The number of nitrogens with one attached hydrogen (secondary N) is 1. The predicted molar refractivity (Wildman–Crippen MR) is 62.4 cm³/mol. The molecule has 0 bridgehead atoms. The van der Waals surface area contributed by atoms with Crippen LogP contribution in [0.1, 0.15) is 20.8 Å². The molecule has 1 atom stereocenters. The van der Waals surface area contributed by atoms with Crippen LogP contribution in [-0.4, -0.2) is 21.7 Å². The van der Waals surface area contributed by atoms with Crippen LogP contribution in [0.4, 0.5) is 15.8 Å². The fraction of sp³-hybridized carbons (Fsp3) is 0.455. The maximum atomic E-state index is 13.2. The van der Waals surface area contributed by atoms with Gasteiger partial charge in [-0.05, 0) is 26.8 Å². The number of benzene rings is 1. The van der Waals surface area contributed by atoms with Gasteiger partial charge in [0.2, 0.25) is 0 Å². The number of hydrogen-bond donors (Lipinski definition) is 2. The molecule has 1 unspecified atom stereocenters. The molecule has 0 amide bonds. The Morgan fingerprint density at radius 1 is 1.47 bits per heavy atom. The Labute approximate surface area is 98.4 Å². The van der Waals surface area contributed by atoms with E-state index in [2.05, 4.69) is 5.32 Å². The highest BCUT2D eigenvalue weighted by molar-refractivity contribution is 5.53. The normalized spacial score (nSPS) is 13.2. The van der Waals surface area contributed by atoms with Gasteiger partial charge < -0.3 is 10.4 Å². The van der Waals surface area contributed by atoms with Crippen molar-refractivity contribution in [2.24, 2.45) is 0 Å².